The van der Waals surface area contributed by atoms with Gasteiger partial charge < -0.3 is 14.4 Å². The van der Waals surface area contributed by atoms with Crippen LogP contribution in [-0.2, 0) is 0 Å². The van der Waals surface area contributed by atoms with Gasteiger partial charge >= 0.3 is 0 Å². The van der Waals surface area contributed by atoms with Gasteiger partial charge in [0.05, 0.1) is 10.2 Å². The van der Waals surface area contributed by atoms with Gasteiger partial charge in [-0.3, -0.25) is 9.69 Å². The van der Waals surface area contributed by atoms with E-state index in [1.165, 1.54) is 35.6 Å². The fourth-order valence-corrected chi connectivity index (χ4v) is 4.24. The zero-order valence-electron chi connectivity index (χ0n) is 16.8. The number of fused-ring (bicyclic) bond motifs is 2. The first-order chi connectivity index (χ1) is 14.1. The lowest BCUT2D eigenvalue weighted by Gasteiger charge is -2.24. The second-order valence-electron chi connectivity index (χ2n) is 6.66. The van der Waals surface area contributed by atoms with E-state index in [0.717, 1.165) is 29.9 Å². The van der Waals surface area contributed by atoms with Crippen LogP contribution in [-0.4, -0.2) is 48.8 Å². The van der Waals surface area contributed by atoms with Crippen molar-refractivity contribution in [1.82, 2.24) is 9.88 Å². The molecule has 0 saturated heterocycles. The number of carbonyl (C=O) groups is 1. The zero-order chi connectivity index (χ0) is 20.4. The molecule has 1 aliphatic rings. The molecule has 4 rings (SSSR count). The van der Waals surface area contributed by atoms with Crippen LogP contribution >= 0.6 is 23.7 Å². The van der Waals surface area contributed by atoms with E-state index >= 15 is 0 Å². The second-order valence-corrected chi connectivity index (χ2v) is 7.67. The molecular formula is C21H23ClFN3O3S. The fourth-order valence-electron chi connectivity index (χ4n) is 3.23. The summed E-state index contributed by atoms with van der Waals surface area (Å²) in [5.74, 6) is 0.781. The number of rotatable bonds is 7. The number of hydrogen-bond acceptors (Lipinski definition) is 6. The molecule has 0 radical (unpaired) electrons. The lowest BCUT2D eigenvalue weighted by atomic mass is 10.2. The third-order valence-corrected chi connectivity index (χ3v) is 6.01. The van der Waals surface area contributed by atoms with Crippen LogP contribution in [0.1, 0.15) is 24.2 Å². The minimum Gasteiger partial charge on any atom is -0.454 e. The van der Waals surface area contributed by atoms with Gasteiger partial charge in [0, 0.05) is 30.8 Å². The van der Waals surface area contributed by atoms with Crippen LogP contribution in [0.25, 0.3) is 10.2 Å². The van der Waals surface area contributed by atoms with Crippen molar-refractivity contribution >= 4 is 45.0 Å². The van der Waals surface area contributed by atoms with Gasteiger partial charge in [-0.1, -0.05) is 25.2 Å². The highest BCUT2D eigenvalue weighted by Gasteiger charge is 2.23. The number of benzene rings is 2. The molecular weight excluding hydrogens is 429 g/mol. The first-order valence-electron chi connectivity index (χ1n) is 9.59. The van der Waals surface area contributed by atoms with Gasteiger partial charge in [0.1, 0.15) is 5.82 Å². The average molecular weight is 452 g/mol. The Hall–Kier alpha value is -2.42. The number of amides is 1. The summed E-state index contributed by atoms with van der Waals surface area (Å²) in [6, 6.07) is 9.34. The third-order valence-electron chi connectivity index (χ3n) is 4.97. The number of aromatic nitrogens is 1. The number of hydrogen-bond donors (Lipinski definition) is 0. The smallest absolute Gasteiger partial charge is 0.260 e. The first kappa shape index (κ1) is 22.3. The minimum absolute atomic E-state index is 0. The molecule has 160 valence electrons. The number of likely N-dealkylation sites (N-methyl/N-ethyl adjacent to an activating group) is 1. The number of thiazole rings is 1. The average Bonchev–Trinajstić information content (AvgIpc) is 3.35. The topological polar surface area (TPSA) is 54.9 Å². The maximum Gasteiger partial charge on any atom is 0.260 e. The minimum atomic E-state index is -0.370. The van der Waals surface area contributed by atoms with Crippen molar-refractivity contribution in [2.75, 3.05) is 37.9 Å². The highest BCUT2D eigenvalue weighted by atomic mass is 35.5. The Labute approximate surface area is 184 Å². The molecule has 6 nitrogen and oxygen atoms in total. The largest absolute Gasteiger partial charge is 0.454 e. The van der Waals surface area contributed by atoms with Gasteiger partial charge in [-0.2, -0.15) is 0 Å². The van der Waals surface area contributed by atoms with E-state index < -0.39 is 0 Å². The Kier molecular flexibility index (Phi) is 7.12. The molecule has 1 amide bonds. The Morgan fingerprint density at radius 1 is 1.10 bits per heavy atom. The molecule has 1 aromatic heterocycles. The molecule has 0 N–H and O–H groups in total. The third kappa shape index (κ3) is 4.50. The summed E-state index contributed by atoms with van der Waals surface area (Å²) in [7, 11) is 0. The summed E-state index contributed by atoms with van der Waals surface area (Å²) < 4.78 is 25.1. The van der Waals surface area contributed by atoms with Crippen LogP contribution in [0.5, 0.6) is 11.5 Å². The standard InChI is InChI=1S/C21H22FN3O3S.ClH/c1-3-24(4-2)9-10-25(20(26)14-5-7-15(22)8-6-14)21-23-16-11-17-18(28-13-27-17)12-19(16)29-21;/h5-8,11-12H,3-4,9-10,13H2,1-2H3;1H. The molecule has 2 heterocycles. The second kappa shape index (κ2) is 9.59. The van der Waals surface area contributed by atoms with E-state index in [1.807, 2.05) is 12.1 Å². The van der Waals surface area contributed by atoms with Gasteiger partial charge in [-0.15, -0.1) is 12.4 Å². The van der Waals surface area contributed by atoms with Crippen molar-refractivity contribution < 1.29 is 18.7 Å². The van der Waals surface area contributed by atoms with Crippen LogP contribution in [0, 0.1) is 5.82 Å². The lowest BCUT2D eigenvalue weighted by molar-refractivity contribution is 0.0983. The highest BCUT2D eigenvalue weighted by molar-refractivity contribution is 7.22. The summed E-state index contributed by atoms with van der Waals surface area (Å²) in [4.78, 5) is 21.8. The van der Waals surface area contributed by atoms with Crippen LogP contribution in [0.3, 0.4) is 0 Å². The SMILES string of the molecule is CCN(CC)CCN(C(=O)c1ccc(F)cc1)c1nc2cc3c(cc2s1)OCO3.Cl. The molecule has 2 aromatic carbocycles. The maximum absolute atomic E-state index is 13.3. The fraction of sp³-hybridized carbons (Fsp3) is 0.333. The van der Waals surface area contributed by atoms with E-state index in [1.54, 1.807) is 4.90 Å². The molecule has 0 fully saturated rings. The van der Waals surface area contributed by atoms with Crippen molar-refractivity contribution in [2.45, 2.75) is 13.8 Å². The Morgan fingerprint density at radius 3 is 2.43 bits per heavy atom. The van der Waals surface area contributed by atoms with E-state index in [-0.39, 0.29) is 30.9 Å². The van der Waals surface area contributed by atoms with Crippen molar-refractivity contribution in [3.05, 3.63) is 47.8 Å². The molecule has 0 aliphatic carbocycles. The molecule has 9 heteroatoms. The van der Waals surface area contributed by atoms with Gasteiger partial charge in [0.15, 0.2) is 16.6 Å². The molecule has 0 spiro atoms. The summed E-state index contributed by atoms with van der Waals surface area (Å²) in [6.07, 6.45) is 0. The van der Waals surface area contributed by atoms with Gasteiger partial charge in [0.25, 0.3) is 5.91 Å². The number of nitrogens with zero attached hydrogens (tertiary/aromatic N) is 3. The predicted molar refractivity (Wildman–Crippen MR) is 119 cm³/mol. The van der Waals surface area contributed by atoms with Crippen molar-refractivity contribution in [3.63, 3.8) is 0 Å². The Bertz CT molecular complexity index is 983. The molecule has 0 atom stereocenters. The highest BCUT2D eigenvalue weighted by Crippen LogP contribution is 2.40. The first-order valence-corrected chi connectivity index (χ1v) is 10.4. The maximum atomic E-state index is 13.3. The lowest BCUT2D eigenvalue weighted by Crippen LogP contribution is -2.38. The van der Waals surface area contributed by atoms with Gasteiger partial charge in [-0.25, -0.2) is 9.37 Å². The van der Waals surface area contributed by atoms with Crippen molar-refractivity contribution in [2.24, 2.45) is 0 Å². The van der Waals surface area contributed by atoms with Crippen LogP contribution in [0.2, 0.25) is 0 Å². The number of ether oxygens (including phenoxy) is 2. The quantitative estimate of drug-likeness (QED) is 0.526. The van der Waals surface area contributed by atoms with Crippen LogP contribution in [0.15, 0.2) is 36.4 Å². The monoisotopic (exact) mass is 451 g/mol. The van der Waals surface area contributed by atoms with Crippen molar-refractivity contribution in [1.29, 1.82) is 0 Å². The van der Waals surface area contributed by atoms with Crippen LogP contribution in [0.4, 0.5) is 9.52 Å². The van der Waals surface area contributed by atoms with E-state index in [9.17, 15) is 9.18 Å². The van der Waals surface area contributed by atoms with Crippen LogP contribution < -0.4 is 14.4 Å². The summed E-state index contributed by atoms with van der Waals surface area (Å²) in [5.41, 5.74) is 1.19. The molecule has 30 heavy (non-hydrogen) atoms. The molecule has 3 aromatic rings. The van der Waals surface area contributed by atoms with E-state index in [0.29, 0.717) is 28.7 Å². The van der Waals surface area contributed by atoms with Crippen molar-refractivity contribution in [3.8, 4) is 11.5 Å². The van der Waals surface area contributed by atoms with E-state index in [4.69, 9.17) is 9.47 Å². The summed E-state index contributed by atoms with van der Waals surface area (Å²) in [6.45, 7) is 7.40. The Morgan fingerprint density at radius 2 is 1.77 bits per heavy atom. The summed E-state index contributed by atoms with van der Waals surface area (Å²) in [5, 5.41) is 0.602. The number of halogens is 2. The summed E-state index contributed by atoms with van der Waals surface area (Å²) >= 11 is 1.43. The number of anilines is 1. The molecule has 0 unspecified atom stereocenters. The number of carbonyl (C=O) groups excluding carboxylic acids is 1. The molecule has 0 saturated carbocycles. The Balaban J connectivity index is 0.00000256. The normalized spacial score (nSPS) is 12.3. The van der Waals surface area contributed by atoms with Gasteiger partial charge in [-0.05, 0) is 37.4 Å². The van der Waals surface area contributed by atoms with Gasteiger partial charge in [0.2, 0.25) is 6.79 Å². The van der Waals surface area contributed by atoms with E-state index in [2.05, 4.69) is 23.7 Å². The molecule has 1 aliphatic heterocycles. The molecule has 0 bridgehead atoms. The zero-order valence-corrected chi connectivity index (χ0v) is 18.4. The predicted octanol–water partition coefficient (Wildman–Crippen LogP) is 4.57.